The zero-order chi connectivity index (χ0) is 85.0. The van der Waals surface area contributed by atoms with Gasteiger partial charge in [-0.1, -0.05) is 0 Å². The Morgan fingerprint density at radius 1 is 0.465 bits per heavy atom. The Bertz CT molecular complexity index is 3080. The zero-order valence-electron chi connectivity index (χ0n) is 59.5. The Hall–Kier alpha value is -3.24. The molecular weight excluding hydrogens is 1600 g/mol. The molecule has 114 heavy (non-hydrogen) atoms. The molecule has 0 saturated carbocycles. The van der Waals surface area contributed by atoms with E-state index < -0.39 is 367 Å². The summed E-state index contributed by atoms with van der Waals surface area (Å²) in [4.78, 5) is 49.8. The van der Waals surface area contributed by atoms with Crippen molar-refractivity contribution in [1.82, 2.24) is 5.32 Å². The molecule has 8 heterocycles. The number of nitrogens with one attached hydrogen (secondary N) is 1. The molecule has 0 aromatic heterocycles. The second kappa shape index (κ2) is 40.6. The van der Waals surface area contributed by atoms with E-state index in [0.717, 1.165) is 6.92 Å². The number of carboxylic acid groups (broad SMARTS) is 2. The third-order valence-corrected chi connectivity index (χ3v) is 21.0. The van der Waals surface area contributed by atoms with Gasteiger partial charge < -0.3 is 240 Å². The molecule has 1 amide bonds. The van der Waals surface area contributed by atoms with Crippen molar-refractivity contribution < 1.29 is 257 Å². The SMILES string of the molecule is CC(=O)N[C@H]1[C@H](O[C@@H]2[C@H](O)[C@@H](O[C@@H]3[C@H](O)[C@@H](O[C@H]4[C@@H]([C@H](O)CO)O[C@@](O)(C(=O)O)C[C@H]4O[C@@]4(C(=O)O)O[C@H]([C@@H](CO)OP(=O)(O)OCCN)[C@H](O)[C@H](O)[C@@H]4O)O[C@H]([C@@H](O)CO)[C@H]3O[C@@H]3O[C@H](CO)[C@@H](O)[C@H](O)[C@H]3O)O[C@H]([C@@H](O)CO[C@H]3O[C@H]([C@@H](O)CO[C@@H]4O[C@H](CO)[C@H](O)[C@H](O)[C@H]4O)[C@@H](O)[C@H](O)[C@@H]3O)[C@H]2O)O[C@H](CO)[C@@H](O)[C@@H]1O. The number of ether oxygens (including phenoxy) is 15. The van der Waals surface area contributed by atoms with Crippen LogP contribution in [0, 0.1) is 0 Å². The summed E-state index contributed by atoms with van der Waals surface area (Å²) in [6.45, 7) is -10.8. The van der Waals surface area contributed by atoms with E-state index in [1.54, 1.807) is 0 Å². The quantitative estimate of drug-likeness (QED) is 0.0262. The number of carbonyl (C=O) groups excluding carboxylic acids is 1. The Labute approximate surface area is 640 Å². The maximum absolute atomic E-state index is 13.7. The molecule has 8 fully saturated rings. The van der Waals surface area contributed by atoms with Gasteiger partial charge in [0.2, 0.25) is 5.91 Å². The first kappa shape index (κ1) is 96.2. The molecule has 8 aliphatic heterocycles. The maximum Gasteiger partial charge on any atom is 0.472 e. The molecule has 54 nitrogen and oxygen atoms in total. The number of phosphoric ester groups is 1. The minimum atomic E-state index is -5.47. The molecule has 0 radical (unpaired) electrons. The predicted molar refractivity (Wildman–Crippen MR) is 342 cm³/mol. The molecule has 0 aliphatic carbocycles. The van der Waals surface area contributed by atoms with Crippen LogP contribution in [0.25, 0.3) is 0 Å². The second-order valence-electron chi connectivity index (χ2n) is 27.8. The van der Waals surface area contributed by atoms with E-state index in [2.05, 4.69) is 9.84 Å². The van der Waals surface area contributed by atoms with Crippen molar-refractivity contribution in [3.8, 4) is 0 Å². The van der Waals surface area contributed by atoms with E-state index in [9.17, 15) is 177 Å². The highest BCUT2D eigenvalue weighted by molar-refractivity contribution is 7.47. The largest absolute Gasteiger partial charge is 0.477 e. The number of carboxylic acids is 2. The van der Waals surface area contributed by atoms with Gasteiger partial charge in [-0.15, -0.1) is 0 Å². The molecule has 8 saturated heterocycles. The minimum absolute atomic E-state index is 0.454. The molecule has 664 valence electrons. The van der Waals surface area contributed by atoms with Gasteiger partial charge in [-0.05, 0) is 0 Å². The first-order valence-corrected chi connectivity index (χ1v) is 36.5. The summed E-state index contributed by atoms with van der Waals surface area (Å²) < 4.78 is 108. The fraction of sp³-hybridized carbons (Fsp3) is 0.949. The van der Waals surface area contributed by atoms with Gasteiger partial charge >= 0.3 is 19.8 Å². The molecule has 0 aromatic rings. The molecule has 8 rings (SSSR count). The van der Waals surface area contributed by atoms with Gasteiger partial charge in [-0.25, -0.2) is 14.2 Å². The topological polar surface area (TPSA) is 890 Å². The number of nitrogens with two attached hydrogens (primary N) is 1. The molecule has 0 aromatic carbocycles. The molecule has 0 bridgehead atoms. The molecule has 1 unspecified atom stereocenters. The van der Waals surface area contributed by atoms with E-state index in [0.29, 0.717) is 0 Å². The van der Waals surface area contributed by atoms with Gasteiger partial charge in [-0.3, -0.25) is 13.8 Å². The predicted octanol–water partition coefficient (Wildman–Crippen LogP) is -21.5. The first-order valence-electron chi connectivity index (χ1n) is 35.1. The first-order chi connectivity index (χ1) is 53.5. The van der Waals surface area contributed by atoms with Crippen LogP contribution in [0.1, 0.15) is 13.3 Å². The number of amides is 1. The molecule has 8 aliphatic rings. The van der Waals surface area contributed by atoms with Crippen LogP contribution in [-0.4, -0.2) is 511 Å². The monoisotopic (exact) mass is 1700 g/mol. The standard InChI is InChI=1S/C59H101N2O52P/c1-13(68)61-23-27(76)24(73)19(7-64)100-50(23)107-46-37(86)41(17(72)12-98-52-35(84)30(79)31(80)40(103-52)16(71)11-97-51-34(83)28(77)25(74)20(8-65)101-51)104-54(38(46)87)108-47-39(88)55(105-42(14(69)5-62)48(47)109-53-36(85)29(78)26(75)21(9-66)102-53)106-45-18(4-58(94,56(90)91)111-43(45)15(70)6-63)110-59(57(92)93)49(89)33(82)32(81)44(112-59)22(10-67)113-114(95,96)99-3-2-60/h14-55,62-67,69-89,94H,2-12,60H2,1H3,(H,61,68)(H,90,91)(H,92,93)(H,95,96)/t14-,15+,16-,17-,18+,19+,20+,21+,22+,23+,24+,25-,26+,27+,28-,29-,30-,31-,32+,33-,34+,35-,36+,37+,38-,39-,40+,41+,42+,43+,44+,45+,46-,47+,48+,49-,50-,51+,52-,53-,54+,55+,58+,59+/m0/s1. The minimum Gasteiger partial charge on any atom is -0.477 e. The number of aliphatic hydroxyl groups excluding tert-OH is 27. The number of phosphoric acid groups is 1. The lowest BCUT2D eigenvalue weighted by Crippen LogP contribution is -2.73. The summed E-state index contributed by atoms with van der Waals surface area (Å²) in [6, 6.07) is -1.99. The lowest BCUT2D eigenvalue weighted by molar-refractivity contribution is -0.420. The number of hydrogen-bond acceptors (Lipinski definition) is 50. The molecule has 34 N–H and O–H groups in total. The van der Waals surface area contributed by atoms with Gasteiger partial charge in [0.15, 0.2) is 37.7 Å². The normalized spacial score (nSPS) is 47.0. The van der Waals surface area contributed by atoms with Crippen LogP contribution in [-0.2, 0) is 99.0 Å². The summed E-state index contributed by atoms with van der Waals surface area (Å²) in [5.41, 5.74) is 5.32. The van der Waals surface area contributed by atoms with Gasteiger partial charge in [0.05, 0.1) is 65.6 Å². The van der Waals surface area contributed by atoms with E-state index in [1.165, 1.54) is 0 Å². The van der Waals surface area contributed by atoms with Crippen molar-refractivity contribution in [3.05, 3.63) is 0 Å². The van der Waals surface area contributed by atoms with Crippen molar-refractivity contribution in [2.75, 3.05) is 66.0 Å². The van der Waals surface area contributed by atoms with Gasteiger partial charge in [0.1, 0.15) is 214 Å². The molecule has 45 atom stereocenters. The third-order valence-electron chi connectivity index (χ3n) is 20.0. The van der Waals surface area contributed by atoms with Crippen molar-refractivity contribution in [3.63, 3.8) is 0 Å². The smallest absolute Gasteiger partial charge is 0.472 e. The Balaban J connectivity index is 1.22. The number of rotatable bonds is 35. The summed E-state index contributed by atoms with van der Waals surface area (Å²) in [6.07, 6.45) is -103. The highest BCUT2D eigenvalue weighted by atomic mass is 31.2. The van der Waals surface area contributed by atoms with Crippen LogP contribution in [0.3, 0.4) is 0 Å². The Morgan fingerprint density at radius 3 is 1.40 bits per heavy atom. The van der Waals surface area contributed by atoms with E-state index in [1.807, 2.05) is 0 Å². The fourth-order valence-electron chi connectivity index (χ4n) is 13.7. The average Bonchev–Trinajstić information content (AvgIpc) is 0.728. The number of aliphatic carboxylic acids is 2. The highest BCUT2D eigenvalue weighted by Crippen LogP contribution is 2.48. The van der Waals surface area contributed by atoms with Crippen LogP contribution >= 0.6 is 7.82 Å². The van der Waals surface area contributed by atoms with Gasteiger partial charge in [0.25, 0.3) is 11.6 Å². The van der Waals surface area contributed by atoms with E-state index in [4.69, 9.17) is 81.3 Å². The second-order valence-corrected chi connectivity index (χ2v) is 29.2. The number of hydrogen-bond donors (Lipinski definition) is 33. The van der Waals surface area contributed by atoms with Crippen LogP contribution in [0.4, 0.5) is 0 Å². The Morgan fingerprint density at radius 2 is 0.895 bits per heavy atom. The van der Waals surface area contributed by atoms with Crippen molar-refractivity contribution in [1.29, 1.82) is 0 Å². The van der Waals surface area contributed by atoms with Gasteiger partial charge in [0, 0.05) is 19.9 Å². The van der Waals surface area contributed by atoms with Crippen molar-refractivity contribution in [2.45, 2.75) is 282 Å². The molecule has 55 heteroatoms. The summed E-state index contributed by atoms with van der Waals surface area (Å²) >= 11 is 0. The highest BCUT2D eigenvalue weighted by Gasteiger charge is 2.67. The fourth-order valence-corrected chi connectivity index (χ4v) is 14.7. The van der Waals surface area contributed by atoms with Crippen molar-refractivity contribution >= 4 is 25.7 Å². The molecule has 0 spiro atoms. The van der Waals surface area contributed by atoms with E-state index in [-0.39, 0.29) is 0 Å². The van der Waals surface area contributed by atoms with Crippen LogP contribution < -0.4 is 11.1 Å². The van der Waals surface area contributed by atoms with Crippen LogP contribution in [0.5, 0.6) is 0 Å². The summed E-state index contributed by atoms with van der Waals surface area (Å²) in [5, 5.41) is 335. The number of aliphatic hydroxyl groups is 28. The maximum atomic E-state index is 13.7. The Kier molecular flexibility index (Phi) is 34.3. The summed E-state index contributed by atoms with van der Waals surface area (Å²) in [5.74, 6) is -14.1. The average molecular weight is 1700 g/mol. The van der Waals surface area contributed by atoms with Crippen molar-refractivity contribution in [2.24, 2.45) is 5.73 Å². The third kappa shape index (κ3) is 20.7. The summed E-state index contributed by atoms with van der Waals surface area (Å²) in [7, 11) is -5.47. The van der Waals surface area contributed by atoms with Crippen LogP contribution in [0.15, 0.2) is 0 Å². The number of carbonyl (C=O) groups is 3. The van der Waals surface area contributed by atoms with E-state index >= 15 is 0 Å². The van der Waals surface area contributed by atoms with Gasteiger partial charge in [-0.2, -0.15) is 0 Å². The van der Waals surface area contributed by atoms with Crippen LogP contribution in [0.2, 0.25) is 0 Å². The lowest BCUT2D eigenvalue weighted by Gasteiger charge is -2.53. The lowest BCUT2D eigenvalue weighted by atomic mass is 9.88. The molecular formula is C59H101N2O52P. The zero-order valence-corrected chi connectivity index (χ0v) is 60.4.